The molecule has 0 fully saturated rings. The van der Waals surface area contributed by atoms with E-state index in [1.54, 1.807) is 11.3 Å². The van der Waals surface area contributed by atoms with E-state index in [4.69, 9.17) is 4.98 Å². The van der Waals surface area contributed by atoms with Crippen molar-refractivity contribution in [3.63, 3.8) is 0 Å². The third kappa shape index (κ3) is 4.44. The lowest BCUT2D eigenvalue weighted by molar-refractivity contribution is 1.30. The number of fused-ring (bicyclic) bond motifs is 3. The van der Waals surface area contributed by atoms with Crippen molar-refractivity contribution >= 4 is 39.2 Å². The SMILES string of the molecule is c1ccc(-c2ccc(N(c3cccc(-c4ccccc4)c3)c3ccc4c5c(cccc35)-c3nc(-c5ccccc5)sc3-4)cc2)cc1. The van der Waals surface area contributed by atoms with Crippen LogP contribution in [0.4, 0.5) is 17.1 Å². The van der Waals surface area contributed by atoms with Crippen LogP contribution >= 0.6 is 11.3 Å². The number of thiazole rings is 1. The van der Waals surface area contributed by atoms with E-state index in [1.165, 1.54) is 49.0 Å². The maximum atomic E-state index is 5.18. The summed E-state index contributed by atoms with van der Waals surface area (Å²) < 4.78 is 0. The van der Waals surface area contributed by atoms with Crippen LogP contribution in [-0.4, -0.2) is 4.98 Å². The van der Waals surface area contributed by atoms with Crippen LogP contribution in [0.3, 0.4) is 0 Å². The van der Waals surface area contributed by atoms with E-state index in [0.717, 1.165) is 33.3 Å². The van der Waals surface area contributed by atoms with Gasteiger partial charge in [0, 0.05) is 38.8 Å². The molecule has 1 heterocycles. The van der Waals surface area contributed by atoms with Gasteiger partial charge in [-0.25, -0.2) is 4.98 Å². The van der Waals surface area contributed by atoms with Gasteiger partial charge in [0.1, 0.15) is 5.01 Å². The molecule has 0 N–H and O–H groups in total. The smallest absolute Gasteiger partial charge is 0.124 e. The van der Waals surface area contributed by atoms with Gasteiger partial charge in [-0.1, -0.05) is 140 Å². The van der Waals surface area contributed by atoms with Crippen molar-refractivity contribution in [3.05, 3.63) is 170 Å². The Labute approximate surface area is 272 Å². The Morgan fingerprint density at radius 3 is 1.76 bits per heavy atom. The average Bonchev–Trinajstić information content (AvgIpc) is 3.70. The highest BCUT2D eigenvalue weighted by molar-refractivity contribution is 7.19. The number of nitrogens with zero attached hydrogens (tertiary/aromatic N) is 2. The number of hydrogen-bond donors (Lipinski definition) is 0. The summed E-state index contributed by atoms with van der Waals surface area (Å²) >= 11 is 1.79. The Balaban J connectivity index is 1.21. The molecule has 3 heteroatoms. The fourth-order valence-corrected chi connectivity index (χ4v) is 7.79. The van der Waals surface area contributed by atoms with E-state index in [0.29, 0.717) is 0 Å². The van der Waals surface area contributed by atoms with E-state index in [-0.39, 0.29) is 0 Å². The normalized spacial score (nSPS) is 11.5. The molecular weight excluding hydrogens is 577 g/mol. The summed E-state index contributed by atoms with van der Waals surface area (Å²) in [5.74, 6) is 0. The molecule has 1 aromatic heterocycles. The maximum Gasteiger partial charge on any atom is 0.124 e. The first-order valence-electron chi connectivity index (χ1n) is 15.6. The van der Waals surface area contributed by atoms with Crippen LogP contribution in [-0.2, 0) is 0 Å². The third-order valence-corrected chi connectivity index (χ3v) is 9.99. The van der Waals surface area contributed by atoms with E-state index in [1.807, 2.05) is 0 Å². The van der Waals surface area contributed by atoms with Crippen LogP contribution in [0, 0.1) is 0 Å². The largest absolute Gasteiger partial charge is 0.310 e. The summed E-state index contributed by atoms with van der Waals surface area (Å²) in [5.41, 5.74) is 12.9. The number of aromatic nitrogens is 1. The summed E-state index contributed by atoms with van der Waals surface area (Å²) in [5, 5.41) is 3.56. The van der Waals surface area contributed by atoms with Gasteiger partial charge in [-0.3, -0.25) is 0 Å². The highest BCUT2D eigenvalue weighted by Crippen LogP contribution is 2.54. The summed E-state index contributed by atoms with van der Waals surface area (Å²) in [4.78, 5) is 8.83. The fourth-order valence-electron chi connectivity index (χ4n) is 6.68. The lowest BCUT2D eigenvalue weighted by Gasteiger charge is -2.28. The van der Waals surface area contributed by atoms with Gasteiger partial charge in [0.05, 0.1) is 16.3 Å². The first-order valence-corrected chi connectivity index (χ1v) is 16.4. The number of hydrogen-bond acceptors (Lipinski definition) is 3. The Morgan fingerprint density at radius 1 is 0.435 bits per heavy atom. The maximum absolute atomic E-state index is 5.18. The fraction of sp³-hybridized carbons (Fsp3) is 0. The molecule has 0 unspecified atom stereocenters. The highest BCUT2D eigenvalue weighted by Gasteiger charge is 2.28. The molecule has 0 saturated heterocycles. The Bertz CT molecular complexity index is 2310. The van der Waals surface area contributed by atoms with Gasteiger partial charge in [0.15, 0.2) is 0 Å². The lowest BCUT2D eigenvalue weighted by Crippen LogP contribution is -2.10. The molecule has 0 aliphatic heterocycles. The molecule has 8 aromatic rings. The molecule has 0 radical (unpaired) electrons. The molecule has 0 amide bonds. The van der Waals surface area contributed by atoms with Gasteiger partial charge in [-0.15, -0.1) is 11.3 Å². The van der Waals surface area contributed by atoms with Crippen molar-refractivity contribution < 1.29 is 0 Å². The van der Waals surface area contributed by atoms with Gasteiger partial charge in [-0.2, -0.15) is 0 Å². The third-order valence-electron chi connectivity index (χ3n) is 8.85. The van der Waals surface area contributed by atoms with Crippen LogP contribution in [0.1, 0.15) is 0 Å². The van der Waals surface area contributed by atoms with Gasteiger partial charge >= 0.3 is 0 Å². The zero-order chi connectivity index (χ0) is 30.5. The highest BCUT2D eigenvalue weighted by atomic mass is 32.1. The molecule has 0 saturated carbocycles. The van der Waals surface area contributed by atoms with Crippen molar-refractivity contribution in [2.45, 2.75) is 0 Å². The minimum atomic E-state index is 1.06. The second-order valence-electron chi connectivity index (χ2n) is 11.6. The molecule has 7 aromatic carbocycles. The molecular formula is C43H28N2S. The van der Waals surface area contributed by atoms with Crippen molar-refractivity contribution in [1.82, 2.24) is 4.98 Å². The topological polar surface area (TPSA) is 16.1 Å². The number of rotatable bonds is 6. The van der Waals surface area contributed by atoms with E-state index in [2.05, 4.69) is 175 Å². The molecule has 9 rings (SSSR count). The summed E-state index contributed by atoms with van der Waals surface area (Å²) in [6.07, 6.45) is 0. The molecule has 1 aliphatic carbocycles. The lowest BCUT2D eigenvalue weighted by atomic mass is 9.99. The van der Waals surface area contributed by atoms with Crippen LogP contribution in [0.2, 0.25) is 0 Å². The minimum absolute atomic E-state index is 1.06. The molecule has 216 valence electrons. The standard InChI is InChI=1S/C43H28N2S/c1-4-12-29(13-5-1)31-22-24-34(25-23-31)45(35-19-10-18-33(28-35)30-14-6-2-7-15-30)39-27-26-38-40-36(39)20-11-21-37(40)41-42(38)46-43(44-41)32-16-8-3-9-17-32/h1-28H. The second kappa shape index (κ2) is 11.0. The first-order chi connectivity index (χ1) is 22.8. The molecule has 0 spiro atoms. The Morgan fingerprint density at radius 2 is 1.04 bits per heavy atom. The van der Waals surface area contributed by atoms with Crippen molar-refractivity contribution in [2.24, 2.45) is 0 Å². The summed E-state index contributed by atoms with van der Waals surface area (Å²) in [7, 11) is 0. The Hall–Kier alpha value is -5.77. The zero-order valence-electron chi connectivity index (χ0n) is 25.0. The molecule has 1 aliphatic rings. The van der Waals surface area contributed by atoms with Crippen LogP contribution in [0.15, 0.2) is 170 Å². The minimum Gasteiger partial charge on any atom is -0.310 e. The molecule has 46 heavy (non-hydrogen) atoms. The van der Waals surface area contributed by atoms with Crippen LogP contribution in [0.5, 0.6) is 0 Å². The van der Waals surface area contributed by atoms with Crippen molar-refractivity contribution in [2.75, 3.05) is 4.90 Å². The first kappa shape index (κ1) is 26.6. The monoisotopic (exact) mass is 604 g/mol. The van der Waals surface area contributed by atoms with Gasteiger partial charge in [0.25, 0.3) is 0 Å². The quantitative estimate of drug-likeness (QED) is 0.188. The predicted octanol–water partition coefficient (Wildman–Crippen LogP) is 12.4. The molecule has 0 bridgehead atoms. The van der Waals surface area contributed by atoms with Gasteiger partial charge < -0.3 is 4.90 Å². The molecule has 2 nitrogen and oxygen atoms in total. The average molecular weight is 605 g/mol. The van der Waals surface area contributed by atoms with Gasteiger partial charge in [0.2, 0.25) is 0 Å². The zero-order valence-corrected chi connectivity index (χ0v) is 25.8. The predicted molar refractivity (Wildman–Crippen MR) is 195 cm³/mol. The van der Waals surface area contributed by atoms with Crippen molar-refractivity contribution in [3.8, 4) is 54.5 Å². The van der Waals surface area contributed by atoms with E-state index in [9.17, 15) is 0 Å². The van der Waals surface area contributed by atoms with Crippen LogP contribution < -0.4 is 4.90 Å². The van der Waals surface area contributed by atoms with E-state index < -0.39 is 0 Å². The molecule has 0 atom stereocenters. The van der Waals surface area contributed by atoms with Crippen molar-refractivity contribution in [1.29, 1.82) is 0 Å². The van der Waals surface area contributed by atoms with Gasteiger partial charge in [-0.05, 0) is 52.6 Å². The second-order valence-corrected chi connectivity index (χ2v) is 12.6. The summed E-state index contributed by atoms with van der Waals surface area (Å²) in [6.45, 7) is 0. The summed E-state index contributed by atoms with van der Waals surface area (Å²) in [6, 6.07) is 60.7. The van der Waals surface area contributed by atoms with E-state index >= 15 is 0 Å². The Kier molecular flexibility index (Phi) is 6.36. The number of benzene rings is 7. The number of anilines is 3. The van der Waals surface area contributed by atoms with Crippen LogP contribution in [0.25, 0.3) is 65.3 Å².